The first-order valence-electron chi connectivity index (χ1n) is 5.08. The zero-order valence-electron chi connectivity index (χ0n) is 9.80. The lowest BCUT2D eigenvalue weighted by molar-refractivity contribution is -0.139. The highest BCUT2D eigenvalue weighted by Crippen LogP contribution is 2.19. The number of ether oxygens (including phenoxy) is 2. The van der Waals surface area contributed by atoms with E-state index in [1.807, 2.05) is 0 Å². The van der Waals surface area contributed by atoms with Crippen LogP contribution in [0, 0.1) is 0 Å². The van der Waals surface area contributed by atoms with Gasteiger partial charge in [-0.2, -0.15) is 0 Å². The Morgan fingerprint density at radius 3 is 2.71 bits per heavy atom. The molecule has 0 aromatic heterocycles. The lowest BCUT2D eigenvalue weighted by atomic mass is 10.1. The molecule has 0 bridgehead atoms. The van der Waals surface area contributed by atoms with Crippen molar-refractivity contribution >= 4 is 18.3 Å². The second-order valence-electron chi connectivity index (χ2n) is 3.30. The van der Waals surface area contributed by atoms with Crippen LogP contribution < -0.4 is 4.74 Å². The minimum absolute atomic E-state index is 0.217. The Hall–Kier alpha value is -2.10. The Morgan fingerprint density at radius 2 is 2.12 bits per heavy atom. The molecule has 0 aliphatic heterocycles. The summed E-state index contributed by atoms with van der Waals surface area (Å²) in [6, 6.07) is 5.18. The predicted molar refractivity (Wildman–Crippen MR) is 64.0 cm³/mol. The SMILES string of the molecule is COC(=O)CC=Cc1ccc(C=O)c(OC)c1. The third kappa shape index (κ3) is 3.75. The number of carbonyl (C=O) groups is 2. The third-order valence-corrected chi connectivity index (χ3v) is 2.21. The summed E-state index contributed by atoms with van der Waals surface area (Å²) in [7, 11) is 2.85. The van der Waals surface area contributed by atoms with Crippen molar-refractivity contribution < 1.29 is 19.1 Å². The van der Waals surface area contributed by atoms with E-state index in [1.165, 1.54) is 14.2 Å². The zero-order chi connectivity index (χ0) is 12.7. The van der Waals surface area contributed by atoms with Crippen molar-refractivity contribution in [2.75, 3.05) is 14.2 Å². The van der Waals surface area contributed by atoms with Crippen LogP contribution in [0.2, 0.25) is 0 Å². The van der Waals surface area contributed by atoms with Gasteiger partial charge < -0.3 is 9.47 Å². The summed E-state index contributed by atoms with van der Waals surface area (Å²) in [5.74, 6) is 0.220. The van der Waals surface area contributed by atoms with Gasteiger partial charge in [0, 0.05) is 0 Å². The number of aldehydes is 1. The molecule has 0 saturated carbocycles. The van der Waals surface area contributed by atoms with Crippen molar-refractivity contribution in [3.63, 3.8) is 0 Å². The fraction of sp³-hybridized carbons (Fsp3) is 0.231. The molecule has 1 rings (SSSR count). The van der Waals surface area contributed by atoms with Gasteiger partial charge in [0.15, 0.2) is 6.29 Å². The maximum absolute atomic E-state index is 10.9. The number of methoxy groups -OCH3 is 2. The molecule has 4 heteroatoms. The molecule has 90 valence electrons. The minimum atomic E-state index is -0.294. The van der Waals surface area contributed by atoms with E-state index in [1.54, 1.807) is 30.4 Å². The van der Waals surface area contributed by atoms with Crippen molar-refractivity contribution in [3.8, 4) is 5.75 Å². The zero-order valence-corrected chi connectivity index (χ0v) is 9.80. The number of carbonyl (C=O) groups excluding carboxylic acids is 2. The Balaban J connectivity index is 2.79. The normalized spacial score (nSPS) is 10.2. The van der Waals surface area contributed by atoms with E-state index in [9.17, 15) is 9.59 Å². The second kappa shape index (κ2) is 6.48. The van der Waals surface area contributed by atoms with Crippen LogP contribution in [0.5, 0.6) is 5.75 Å². The molecule has 0 spiro atoms. The second-order valence-corrected chi connectivity index (χ2v) is 3.30. The Labute approximate surface area is 99.8 Å². The molecule has 0 N–H and O–H groups in total. The largest absolute Gasteiger partial charge is 0.496 e. The highest BCUT2D eigenvalue weighted by Gasteiger charge is 2.01. The summed E-state index contributed by atoms with van der Waals surface area (Å²) >= 11 is 0. The van der Waals surface area contributed by atoms with E-state index >= 15 is 0 Å². The van der Waals surface area contributed by atoms with Gasteiger partial charge in [-0.05, 0) is 17.7 Å². The average Bonchev–Trinajstić information content (AvgIpc) is 2.38. The van der Waals surface area contributed by atoms with Gasteiger partial charge in [0.05, 0.1) is 26.2 Å². The molecule has 0 aliphatic carbocycles. The third-order valence-electron chi connectivity index (χ3n) is 2.21. The molecule has 0 radical (unpaired) electrons. The van der Waals surface area contributed by atoms with Crippen molar-refractivity contribution in [3.05, 3.63) is 35.4 Å². The van der Waals surface area contributed by atoms with E-state index in [4.69, 9.17) is 4.74 Å². The summed E-state index contributed by atoms with van der Waals surface area (Å²) in [6.07, 6.45) is 4.42. The number of rotatable bonds is 5. The van der Waals surface area contributed by atoms with E-state index in [-0.39, 0.29) is 12.4 Å². The van der Waals surface area contributed by atoms with Crippen LogP contribution in [0.25, 0.3) is 6.08 Å². The number of benzene rings is 1. The summed E-state index contributed by atoms with van der Waals surface area (Å²) < 4.78 is 9.58. The minimum Gasteiger partial charge on any atom is -0.496 e. The van der Waals surface area contributed by atoms with Crippen LogP contribution in [0.15, 0.2) is 24.3 Å². The molecule has 0 fully saturated rings. The van der Waals surface area contributed by atoms with Crippen LogP contribution in [0.3, 0.4) is 0 Å². The first kappa shape index (κ1) is 13.0. The standard InChI is InChI=1S/C13H14O4/c1-16-12-8-10(6-7-11(12)9-14)4-3-5-13(15)17-2/h3-4,6-9H,5H2,1-2H3. The first-order chi connectivity index (χ1) is 8.21. The summed E-state index contributed by atoms with van der Waals surface area (Å²) in [5.41, 5.74) is 1.36. The van der Waals surface area contributed by atoms with Gasteiger partial charge in [-0.1, -0.05) is 18.2 Å². The number of hydrogen-bond acceptors (Lipinski definition) is 4. The first-order valence-corrected chi connectivity index (χ1v) is 5.08. The molecule has 0 amide bonds. The summed E-state index contributed by atoms with van der Waals surface area (Å²) in [6.45, 7) is 0. The van der Waals surface area contributed by atoms with Gasteiger partial charge in [0.1, 0.15) is 5.75 Å². The van der Waals surface area contributed by atoms with Crippen LogP contribution in [-0.2, 0) is 9.53 Å². The summed E-state index contributed by atoms with van der Waals surface area (Å²) in [4.78, 5) is 21.6. The number of hydrogen-bond donors (Lipinski definition) is 0. The van der Waals surface area contributed by atoms with Crippen LogP contribution in [0.4, 0.5) is 0 Å². The van der Waals surface area contributed by atoms with Crippen LogP contribution in [-0.4, -0.2) is 26.5 Å². The molecular formula is C13H14O4. The molecule has 0 heterocycles. The molecule has 0 saturated heterocycles. The molecule has 1 aromatic carbocycles. The molecule has 0 atom stereocenters. The maximum atomic E-state index is 10.9. The number of esters is 1. The lowest BCUT2D eigenvalue weighted by Gasteiger charge is -2.04. The summed E-state index contributed by atoms with van der Waals surface area (Å²) in [5, 5.41) is 0. The van der Waals surface area contributed by atoms with Gasteiger partial charge >= 0.3 is 5.97 Å². The van der Waals surface area contributed by atoms with Crippen molar-refractivity contribution in [1.29, 1.82) is 0 Å². The van der Waals surface area contributed by atoms with E-state index in [2.05, 4.69) is 4.74 Å². The monoisotopic (exact) mass is 234 g/mol. The highest BCUT2D eigenvalue weighted by molar-refractivity contribution is 5.80. The topological polar surface area (TPSA) is 52.6 Å². The predicted octanol–water partition coefficient (Wildman–Crippen LogP) is 2.08. The molecule has 0 aliphatic rings. The highest BCUT2D eigenvalue weighted by atomic mass is 16.5. The van der Waals surface area contributed by atoms with Crippen LogP contribution >= 0.6 is 0 Å². The van der Waals surface area contributed by atoms with Gasteiger partial charge in [-0.15, -0.1) is 0 Å². The van der Waals surface area contributed by atoms with E-state index < -0.39 is 0 Å². The fourth-order valence-electron chi connectivity index (χ4n) is 1.30. The van der Waals surface area contributed by atoms with Crippen LogP contribution in [0.1, 0.15) is 22.3 Å². The van der Waals surface area contributed by atoms with E-state index in [0.717, 1.165) is 11.8 Å². The molecule has 0 unspecified atom stereocenters. The lowest BCUT2D eigenvalue weighted by Crippen LogP contribution is -1.96. The molecular weight excluding hydrogens is 220 g/mol. The smallest absolute Gasteiger partial charge is 0.309 e. The van der Waals surface area contributed by atoms with Crippen molar-refractivity contribution in [2.24, 2.45) is 0 Å². The van der Waals surface area contributed by atoms with Crippen molar-refractivity contribution in [2.45, 2.75) is 6.42 Å². The quantitative estimate of drug-likeness (QED) is 0.578. The van der Waals surface area contributed by atoms with Gasteiger partial charge in [0.2, 0.25) is 0 Å². The van der Waals surface area contributed by atoms with Gasteiger partial charge in [0.25, 0.3) is 0 Å². The Morgan fingerprint density at radius 1 is 1.35 bits per heavy atom. The van der Waals surface area contributed by atoms with Crippen molar-refractivity contribution in [1.82, 2.24) is 0 Å². The molecule has 1 aromatic rings. The Bertz CT molecular complexity index is 435. The van der Waals surface area contributed by atoms with E-state index in [0.29, 0.717) is 11.3 Å². The molecule has 4 nitrogen and oxygen atoms in total. The van der Waals surface area contributed by atoms with Gasteiger partial charge in [-0.25, -0.2) is 0 Å². The van der Waals surface area contributed by atoms with Gasteiger partial charge in [-0.3, -0.25) is 9.59 Å². The Kier molecular flexibility index (Phi) is 4.94. The fourth-order valence-corrected chi connectivity index (χ4v) is 1.30. The average molecular weight is 234 g/mol. The maximum Gasteiger partial charge on any atom is 0.309 e. The molecule has 17 heavy (non-hydrogen) atoms.